The lowest BCUT2D eigenvalue weighted by molar-refractivity contribution is 0.414. The lowest BCUT2D eigenvalue weighted by Crippen LogP contribution is -2.34. The second kappa shape index (κ2) is 3.35. The molecule has 1 atom stereocenters. The van der Waals surface area contributed by atoms with Crippen molar-refractivity contribution in [2.45, 2.75) is 44.6 Å². The molecule has 0 amide bonds. The minimum absolute atomic E-state index is 0.0148. The van der Waals surface area contributed by atoms with Gasteiger partial charge in [-0.3, -0.25) is 0 Å². The van der Waals surface area contributed by atoms with Gasteiger partial charge in [0.15, 0.2) is 0 Å². The van der Waals surface area contributed by atoms with Crippen LogP contribution in [0.2, 0.25) is 0 Å². The first-order valence-electron chi connectivity index (χ1n) is 5.31. The summed E-state index contributed by atoms with van der Waals surface area (Å²) in [6.07, 6.45) is 5.37. The van der Waals surface area contributed by atoms with Crippen LogP contribution in [0, 0.1) is 0 Å². The van der Waals surface area contributed by atoms with Crippen LogP contribution in [-0.2, 0) is 5.41 Å². The Hall–Kier alpha value is -0.900. The number of rotatable bonds is 4. The highest BCUT2D eigenvalue weighted by Gasteiger charge is 2.34. The minimum Gasteiger partial charge on any atom is -0.329 e. The Kier molecular flexibility index (Phi) is 2.31. The van der Waals surface area contributed by atoms with E-state index in [1.807, 2.05) is 6.33 Å². The molecular weight excluding hydrogens is 176 g/mol. The van der Waals surface area contributed by atoms with E-state index in [1.54, 1.807) is 0 Å². The first-order chi connectivity index (χ1) is 6.71. The molecule has 78 valence electrons. The molecule has 1 saturated carbocycles. The highest BCUT2D eigenvalue weighted by molar-refractivity contribution is 5.09. The van der Waals surface area contributed by atoms with Crippen molar-refractivity contribution >= 4 is 0 Å². The average Bonchev–Trinajstić information content (AvgIpc) is 2.95. The standard InChI is InChI=1S/C10H18N4/c1-3-10(2,6-11)9-13-12-7-14(9)8-4-5-8/h7-8H,3-6,11H2,1-2H3. The molecular formula is C10H18N4. The number of nitrogens with zero attached hydrogens (tertiary/aromatic N) is 3. The van der Waals surface area contributed by atoms with Crippen LogP contribution in [0.15, 0.2) is 6.33 Å². The molecule has 4 heteroatoms. The van der Waals surface area contributed by atoms with Crippen LogP contribution in [0.4, 0.5) is 0 Å². The summed E-state index contributed by atoms with van der Waals surface area (Å²) in [6.45, 7) is 4.95. The van der Waals surface area contributed by atoms with E-state index in [9.17, 15) is 0 Å². The maximum atomic E-state index is 5.82. The van der Waals surface area contributed by atoms with E-state index in [0.29, 0.717) is 12.6 Å². The van der Waals surface area contributed by atoms with E-state index < -0.39 is 0 Å². The van der Waals surface area contributed by atoms with Gasteiger partial charge in [-0.05, 0) is 19.3 Å². The molecule has 0 radical (unpaired) electrons. The molecule has 4 nitrogen and oxygen atoms in total. The zero-order valence-corrected chi connectivity index (χ0v) is 8.90. The van der Waals surface area contributed by atoms with Gasteiger partial charge >= 0.3 is 0 Å². The number of nitrogens with two attached hydrogens (primary N) is 1. The van der Waals surface area contributed by atoms with Crippen molar-refractivity contribution in [3.63, 3.8) is 0 Å². The Bertz CT molecular complexity index is 310. The van der Waals surface area contributed by atoms with Crippen molar-refractivity contribution in [1.29, 1.82) is 0 Å². The minimum atomic E-state index is -0.0148. The summed E-state index contributed by atoms with van der Waals surface area (Å²) >= 11 is 0. The summed E-state index contributed by atoms with van der Waals surface area (Å²) < 4.78 is 2.20. The van der Waals surface area contributed by atoms with E-state index in [4.69, 9.17) is 5.73 Å². The maximum absolute atomic E-state index is 5.82. The van der Waals surface area contributed by atoms with Crippen molar-refractivity contribution in [1.82, 2.24) is 14.8 Å². The molecule has 0 aromatic carbocycles. The second-order valence-corrected chi connectivity index (χ2v) is 4.41. The molecule has 2 N–H and O–H groups in total. The third-order valence-electron chi connectivity index (χ3n) is 3.28. The zero-order chi connectivity index (χ0) is 10.2. The Balaban J connectivity index is 2.33. The van der Waals surface area contributed by atoms with Gasteiger partial charge in [-0.25, -0.2) is 0 Å². The van der Waals surface area contributed by atoms with E-state index in [1.165, 1.54) is 12.8 Å². The molecule has 1 unspecified atom stereocenters. The predicted octanol–water partition coefficient (Wildman–Crippen LogP) is 1.24. The summed E-state index contributed by atoms with van der Waals surface area (Å²) in [7, 11) is 0. The first-order valence-corrected chi connectivity index (χ1v) is 5.31. The lowest BCUT2D eigenvalue weighted by atomic mass is 9.86. The van der Waals surface area contributed by atoms with Gasteiger partial charge < -0.3 is 10.3 Å². The SMILES string of the molecule is CCC(C)(CN)c1nncn1C1CC1. The third kappa shape index (κ3) is 1.43. The monoisotopic (exact) mass is 194 g/mol. The summed E-state index contributed by atoms with van der Waals surface area (Å²) in [6, 6.07) is 0.637. The summed E-state index contributed by atoms with van der Waals surface area (Å²) in [5.41, 5.74) is 5.80. The molecule has 0 bridgehead atoms. The molecule has 0 aliphatic heterocycles. The molecule has 1 aliphatic carbocycles. The van der Waals surface area contributed by atoms with Crippen molar-refractivity contribution in [3.8, 4) is 0 Å². The molecule has 0 saturated heterocycles. The van der Waals surface area contributed by atoms with Gasteiger partial charge in [-0.15, -0.1) is 10.2 Å². The Morgan fingerprint density at radius 2 is 2.36 bits per heavy atom. The van der Waals surface area contributed by atoms with Gasteiger partial charge in [0.2, 0.25) is 0 Å². The van der Waals surface area contributed by atoms with Gasteiger partial charge in [0.25, 0.3) is 0 Å². The molecule has 14 heavy (non-hydrogen) atoms. The van der Waals surface area contributed by atoms with Gasteiger partial charge in [-0.2, -0.15) is 0 Å². The molecule has 0 spiro atoms. The lowest BCUT2D eigenvalue weighted by Gasteiger charge is -2.25. The van der Waals surface area contributed by atoms with Gasteiger partial charge in [0.05, 0.1) is 0 Å². The van der Waals surface area contributed by atoms with Crippen LogP contribution in [0.1, 0.15) is 45.0 Å². The van der Waals surface area contributed by atoms with Crippen LogP contribution in [-0.4, -0.2) is 21.3 Å². The van der Waals surface area contributed by atoms with E-state index >= 15 is 0 Å². The van der Waals surface area contributed by atoms with Gasteiger partial charge in [0.1, 0.15) is 12.2 Å². The van der Waals surface area contributed by atoms with Crippen molar-refractivity contribution in [3.05, 3.63) is 12.2 Å². The smallest absolute Gasteiger partial charge is 0.140 e. The fourth-order valence-electron chi connectivity index (χ4n) is 1.69. The van der Waals surface area contributed by atoms with Crippen molar-refractivity contribution in [2.24, 2.45) is 5.73 Å². The molecule has 1 heterocycles. The fraction of sp³-hybridized carbons (Fsp3) is 0.800. The number of hydrogen-bond donors (Lipinski definition) is 1. The van der Waals surface area contributed by atoms with Crippen molar-refractivity contribution < 1.29 is 0 Å². The van der Waals surface area contributed by atoms with Gasteiger partial charge in [-0.1, -0.05) is 13.8 Å². The van der Waals surface area contributed by atoms with E-state index in [0.717, 1.165) is 12.2 Å². The Morgan fingerprint density at radius 3 is 2.86 bits per heavy atom. The first kappa shape index (κ1) is 9.65. The molecule has 1 aliphatic rings. The average molecular weight is 194 g/mol. The fourth-order valence-corrected chi connectivity index (χ4v) is 1.69. The normalized spacial score (nSPS) is 20.8. The topological polar surface area (TPSA) is 56.7 Å². The maximum Gasteiger partial charge on any atom is 0.140 e. The van der Waals surface area contributed by atoms with Gasteiger partial charge in [0, 0.05) is 18.0 Å². The Morgan fingerprint density at radius 1 is 1.64 bits per heavy atom. The second-order valence-electron chi connectivity index (χ2n) is 4.41. The zero-order valence-electron chi connectivity index (χ0n) is 8.90. The van der Waals surface area contributed by atoms with Crippen LogP contribution in [0.25, 0.3) is 0 Å². The summed E-state index contributed by atoms with van der Waals surface area (Å²) in [5.74, 6) is 1.06. The summed E-state index contributed by atoms with van der Waals surface area (Å²) in [5, 5.41) is 8.23. The molecule has 1 aromatic rings. The molecule has 1 fully saturated rings. The van der Waals surface area contributed by atoms with E-state index in [-0.39, 0.29) is 5.41 Å². The number of hydrogen-bond acceptors (Lipinski definition) is 3. The molecule has 2 rings (SSSR count). The highest BCUT2D eigenvalue weighted by atomic mass is 15.3. The third-order valence-corrected chi connectivity index (χ3v) is 3.28. The van der Waals surface area contributed by atoms with Crippen LogP contribution >= 0.6 is 0 Å². The Labute approximate surface area is 84.5 Å². The van der Waals surface area contributed by atoms with Crippen molar-refractivity contribution in [2.75, 3.05) is 6.54 Å². The van der Waals surface area contributed by atoms with Crippen LogP contribution in [0.3, 0.4) is 0 Å². The van der Waals surface area contributed by atoms with Crippen LogP contribution in [0.5, 0.6) is 0 Å². The summed E-state index contributed by atoms with van der Waals surface area (Å²) in [4.78, 5) is 0. The highest BCUT2D eigenvalue weighted by Crippen LogP contribution is 2.38. The largest absolute Gasteiger partial charge is 0.329 e. The van der Waals surface area contributed by atoms with Crippen LogP contribution < -0.4 is 5.73 Å². The van der Waals surface area contributed by atoms with E-state index in [2.05, 4.69) is 28.6 Å². The number of aromatic nitrogens is 3. The predicted molar refractivity (Wildman–Crippen MR) is 55.0 cm³/mol. The quantitative estimate of drug-likeness (QED) is 0.784. The molecule has 1 aromatic heterocycles.